The molecule has 0 bridgehead atoms. The molecule has 2 nitrogen and oxygen atoms in total. The second-order valence-electron chi connectivity index (χ2n) is 4.21. The zero-order valence-electron chi connectivity index (χ0n) is 10.1. The monoisotopic (exact) mass is 259 g/mol. The third kappa shape index (κ3) is 2.54. The Morgan fingerprint density at radius 1 is 1.17 bits per heavy atom. The van der Waals surface area contributed by atoms with Crippen LogP contribution in [0, 0.1) is 6.92 Å². The lowest BCUT2D eigenvalue weighted by atomic mass is 9.98. The molecule has 0 unspecified atom stereocenters. The highest BCUT2D eigenvalue weighted by molar-refractivity contribution is 6.31. The third-order valence-corrected chi connectivity index (χ3v) is 3.35. The van der Waals surface area contributed by atoms with Crippen molar-refractivity contribution in [2.45, 2.75) is 13.3 Å². The van der Waals surface area contributed by atoms with Gasteiger partial charge in [-0.25, -0.2) is 0 Å². The van der Waals surface area contributed by atoms with E-state index in [-0.39, 0.29) is 5.78 Å². The molecule has 0 heterocycles. The van der Waals surface area contributed by atoms with Crippen molar-refractivity contribution >= 4 is 23.1 Å². The van der Waals surface area contributed by atoms with Crippen LogP contribution in [0.5, 0.6) is 0 Å². The Bertz CT molecular complexity index is 593. The van der Waals surface area contributed by atoms with Crippen molar-refractivity contribution in [3.05, 3.63) is 64.2 Å². The van der Waals surface area contributed by atoms with Crippen LogP contribution < -0.4 is 5.73 Å². The molecule has 2 aromatic carbocycles. The average Bonchev–Trinajstić information content (AvgIpc) is 2.35. The van der Waals surface area contributed by atoms with Crippen LogP contribution in [0.3, 0.4) is 0 Å². The van der Waals surface area contributed by atoms with Crippen LogP contribution in [0.25, 0.3) is 0 Å². The number of ketones is 1. The molecule has 2 aromatic rings. The lowest BCUT2D eigenvalue weighted by Crippen LogP contribution is -2.07. The largest absolute Gasteiger partial charge is 0.398 e. The number of nitrogens with two attached hydrogens (primary N) is 1. The molecule has 0 aliphatic heterocycles. The first-order chi connectivity index (χ1) is 8.59. The summed E-state index contributed by atoms with van der Waals surface area (Å²) in [4.78, 5) is 12.2. The molecular formula is C15H14ClNO. The van der Waals surface area contributed by atoms with Crippen LogP contribution in [0.2, 0.25) is 5.02 Å². The molecule has 18 heavy (non-hydrogen) atoms. The summed E-state index contributed by atoms with van der Waals surface area (Å²) >= 11 is 6.05. The molecule has 0 aromatic heterocycles. The van der Waals surface area contributed by atoms with Crippen LogP contribution in [0.4, 0.5) is 5.69 Å². The molecule has 3 heteroatoms. The standard InChI is InChI=1S/C15H14ClNO/c1-10-12(6-4-8-14(10)17)15(18)9-11-5-2-3-7-13(11)16/h2-8H,9,17H2,1H3. The molecule has 0 atom stereocenters. The predicted molar refractivity (Wildman–Crippen MR) is 75.1 cm³/mol. The Morgan fingerprint density at radius 3 is 2.61 bits per heavy atom. The molecular weight excluding hydrogens is 246 g/mol. The Balaban J connectivity index is 2.28. The van der Waals surface area contributed by atoms with Gasteiger partial charge in [0.25, 0.3) is 0 Å². The van der Waals surface area contributed by atoms with E-state index < -0.39 is 0 Å². The summed E-state index contributed by atoms with van der Waals surface area (Å²) in [6.45, 7) is 1.86. The number of carbonyl (C=O) groups is 1. The number of rotatable bonds is 3. The van der Waals surface area contributed by atoms with Crippen molar-refractivity contribution in [3.63, 3.8) is 0 Å². The summed E-state index contributed by atoms with van der Waals surface area (Å²) in [7, 11) is 0. The number of hydrogen-bond donors (Lipinski definition) is 1. The second kappa shape index (κ2) is 5.23. The van der Waals surface area contributed by atoms with E-state index in [1.807, 2.05) is 25.1 Å². The summed E-state index contributed by atoms with van der Waals surface area (Å²) in [6.07, 6.45) is 0.296. The van der Waals surface area contributed by atoms with E-state index in [1.54, 1.807) is 24.3 Å². The number of anilines is 1. The smallest absolute Gasteiger partial charge is 0.167 e. The van der Waals surface area contributed by atoms with Crippen LogP contribution in [-0.4, -0.2) is 5.78 Å². The average molecular weight is 260 g/mol. The van der Waals surface area contributed by atoms with Crippen molar-refractivity contribution in [2.75, 3.05) is 5.73 Å². The van der Waals surface area contributed by atoms with Crippen molar-refractivity contribution in [2.24, 2.45) is 0 Å². The maximum Gasteiger partial charge on any atom is 0.167 e. The third-order valence-electron chi connectivity index (χ3n) is 2.98. The van der Waals surface area contributed by atoms with Gasteiger partial charge in [-0.05, 0) is 30.2 Å². The normalized spacial score (nSPS) is 10.3. The Kier molecular flexibility index (Phi) is 3.68. The first-order valence-electron chi connectivity index (χ1n) is 5.71. The lowest BCUT2D eigenvalue weighted by Gasteiger charge is -2.08. The van der Waals surface area contributed by atoms with Gasteiger partial charge in [-0.2, -0.15) is 0 Å². The molecule has 0 aliphatic carbocycles. The number of carbonyl (C=O) groups excluding carboxylic acids is 1. The second-order valence-corrected chi connectivity index (χ2v) is 4.62. The van der Waals surface area contributed by atoms with Gasteiger partial charge in [0.05, 0.1) is 0 Å². The predicted octanol–water partition coefficient (Wildman–Crippen LogP) is 3.66. The number of Topliss-reactive ketones (excluding diaryl/α,β-unsaturated/α-hetero) is 1. The fraction of sp³-hybridized carbons (Fsp3) is 0.133. The van der Waals surface area contributed by atoms with E-state index in [0.29, 0.717) is 22.7 Å². The molecule has 0 amide bonds. The Hall–Kier alpha value is -1.80. The first kappa shape index (κ1) is 12.7. The molecule has 2 N–H and O–H groups in total. The van der Waals surface area contributed by atoms with Gasteiger partial charge in [-0.15, -0.1) is 0 Å². The molecule has 2 rings (SSSR count). The summed E-state index contributed by atoms with van der Waals surface area (Å²) in [5.41, 5.74) is 8.77. The van der Waals surface area contributed by atoms with Crippen LogP contribution >= 0.6 is 11.6 Å². The van der Waals surface area contributed by atoms with E-state index in [9.17, 15) is 4.79 Å². The highest BCUT2D eigenvalue weighted by atomic mass is 35.5. The minimum atomic E-state index is 0.0351. The molecule has 0 saturated carbocycles. The molecule has 0 fully saturated rings. The van der Waals surface area contributed by atoms with Crippen molar-refractivity contribution in [1.29, 1.82) is 0 Å². The number of hydrogen-bond acceptors (Lipinski definition) is 2. The Morgan fingerprint density at radius 2 is 1.89 bits per heavy atom. The van der Waals surface area contributed by atoms with Gasteiger partial charge in [0.15, 0.2) is 5.78 Å². The van der Waals surface area contributed by atoms with Crippen molar-refractivity contribution in [3.8, 4) is 0 Å². The van der Waals surface area contributed by atoms with Gasteiger partial charge < -0.3 is 5.73 Å². The van der Waals surface area contributed by atoms with Gasteiger partial charge >= 0.3 is 0 Å². The first-order valence-corrected chi connectivity index (χ1v) is 6.09. The maximum atomic E-state index is 12.2. The van der Waals surface area contributed by atoms with Crippen molar-refractivity contribution in [1.82, 2.24) is 0 Å². The minimum Gasteiger partial charge on any atom is -0.398 e. The summed E-state index contributed by atoms with van der Waals surface area (Å²) in [6, 6.07) is 12.8. The summed E-state index contributed by atoms with van der Waals surface area (Å²) < 4.78 is 0. The van der Waals surface area contributed by atoms with E-state index in [2.05, 4.69) is 0 Å². The van der Waals surface area contributed by atoms with E-state index in [0.717, 1.165) is 11.1 Å². The van der Waals surface area contributed by atoms with E-state index in [4.69, 9.17) is 17.3 Å². The van der Waals surface area contributed by atoms with Crippen LogP contribution in [-0.2, 0) is 6.42 Å². The van der Waals surface area contributed by atoms with E-state index >= 15 is 0 Å². The number of halogens is 1. The Labute approximate surface area is 111 Å². The zero-order chi connectivity index (χ0) is 13.1. The summed E-state index contributed by atoms with van der Waals surface area (Å²) in [5.74, 6) is 0.0351. The lowest BCUT2D eigenvalue weighted by molar-refractivity contribution is 0.0992. The highest BCUT2D eigenvalue weighted by Crippen LogP contribution is 2.20. The highest BCUT2D eigenvalue weighted by Gasteiger charge is 2.12. The fourth-order valence-electron chi connectivity index (χ4n) is 1.87. The summed E-state index contributed by atoms with van der Waals surface area (Å²) in [5, 5.41) is 0.618. The maximum absolute atomic E-state index is 12.2. The van der Waals surface area contributed by atoms with E-state index in [1.165, 1.54) is 0 Å². The topological polar surface area (TPSA) is 43.1 Å². The molecule has 92 valence electrons. The SMILES string of the molecule is Cc1c(N)cccc1C(=O)Cc1ccccc1Cl. The molecule has 0 radical (unpaired) electrons. The number of nitrogen functional groups attached to an aromatic ring is 1. The molecule has 0 saturated heterocycles. The van der Waals surface area contributed by atoms with Gasteiger partial charge in [0, 0.05) is 22.7 Å². The molecule has 0 aliphatic rings. The van der Waals surface area contributed by atoms with Gasteiger partial charge in [0.2, 0.25) is 0 Å². The minimum absolute atomic E-state index is 0.0351. The number of benzene rings is 2. The van der Waals surface area contributed by atoms with Crippen LogP contribution in [0.15, 0.2) is 42.5 Å². The van der Waals surface area contributed by atoms with Gasteiger partial charge in [0.1, 0.15) is 0 Å². The van der Waals surface area contributed by atoms with Crippen LogP contribution in [0.1, 0.15) is 21.5 Å². The van der Waals surface area contributed by atoms with Gasteiger partial charge in [-0.3, -0.25) is 4.79 Å². The quantitative estimate of drug-likeness (QED) is 0.675. The zero-order valence-corrected chi connectivity index (χ0v) is 10.9. The van der Waals surface area contributed by atoms with Crippen molar-refractivity contribution < 1.29 is 4.79 Å². The molecule has 0 spiro atoms. The fourth-order valence-corrected chi connectivity index (χ4v) is 2.07. The van der Waals surface area contributed by atoms with Gasteiger partial charge in [-0.1, -0.05) is 41.9 Å².